The van der Waals surface area contributed by atoms with Gasteiger partial charge < -0.3 is 0 Å². The van der Waals surface area contributed by atoms with E-state index in [1.54, 1.807) is 24.0 Å². The molecule has 0 radical (unpaired) electrons. The minimum atomic E-state index is 0.484. The van der Waals surface area contributed by atoms with Gasteiger partial charge in [-0.1, -0.05) is 20.3 Å². The first-order valence-corrected chi connectivity index (χ1v) is 5.73. The molecule has 0 saturated heterocycles. The second-order valence-electron chi connectivity index (χ2n) is 3.32. The lowest BCUT2D eigenvalue weighted by Crippen LogP contribution is -1.95. The summed E-state index contributed by atoms with van der Waals surface area (Å²) in [5.74, 6) is 1.85. The molecule has 0 aromatic carbocycles. The van der Waals surface area contributed by atoms with Gasteiger partial charge in [0, 0.05) is 16.8 Å². The van der Waals surface area contributed by atoms with Crippen molar-refractivity contribution >= 4 is 11.8 Å². The molecule has 0 amide bonds. The van der Waals surface area contributed by atoms with Crippen LogP contribution in [0.5, 0.6) is 0 Å². The third-order valence-electron chi connectivity index (χ3n) is 2.08. The molecule has 1 unspecified atom stereocenters. The molecule has 1 atom stereocenters. The van der Waals surface area contributed by atoms with Crippen LogP contribution in [-0.4, -0.2) is 10.7 Å². The molecule has 1 aromatic heterocycles. The normalized spacial score (nSPS) is 12.1. The van der Waals surface area contributed by atoms with E-state index in [0.717, 1.165) is 16.6 Å². The summed E-state index contributed by atoms with van der Waals surface area (Å²) >= 11 is 1.80. The molecule has 14 heavy (non-hydrogen) atoms. The molecule has 0 fully saturated rings. The maximum Gasteiger partial charge on any atom is 0.140 e. The number of nitriles is 1. The van der Waals surface area contributed by atoms with Crippen LogP contribution in [0.3, 0.4) is 0 Å². The Labute approximate surface area is 89.4 Å². The number of nitrogens with zero attached hydrogens (tertiary/aromatic N) is 2. The van der Waals surface area contributed by atoms with Crippen molar-refractivity contribution in [2.24, 2.45) is 5.92 Å². The Bertz CT molecular complexity index is 313. The Morgan fingerprint density at radius 2 is 2.36 bits per heavy atom. The molecular formula is C11H14N2S. The maximum atomic E-state index is 8.57. The van der Waals surface area contributed by atoms with Crippen molar-refractivity contribution in [1.82, 2.24) is 4.98 Å². The van der Waals surface area contributed by atoms with Gasteiger partial charge in [-0.15, -0.1) is 11.8 Å². The highest BCUT2D eigenvalue weighted by molar-refractivity contribution is 7.99. The molecule has 0 aliphatic rings. The molecule has 0 spiro atoms. The summed E-state index contributed by atoms with van der Waals surface area (Å²) in [6.45, 7) is 4.44. The first-order chi connectivity index (χ1) is 6.76. The Kier molecular flexibility index (Phi) is 4.48. The quantitative estimate of drug-likeness (QED) is 0.710. The summed E-state index contributed by atoms with van der Waals surface area (Å²) in [5.41, 5.74) is 0.484. The zero-order valence-electron chi connectivity index (χ0n) is 8.53. The van der Waals surface area contributed by atoms with Gasteiger partial charge in [0.2, 0.25) is 0 Å². The molecule has 0 aliphatic heterocycles. The van der Waals surface area contributed by atoms with E-state index >= 15 is 0 Å². The number of rotatable bonds is 4. The van der Waals surface area contributed by atoms with Crippen molar-refractivity contribution in [3.8, 4) is 6.07 Å². The second kappa shape index (κ2) is 5.66. The van der Waals surface area contributed by atoms with Crippen LogP contribution >= 0.6 is 11.8 Å². The topological polar surface area (TPSA) is 36.7 Å². The SMILES string of the molecule is CCC(C)CSc1ccc(C#N)nc1. The highest BCUT2D eigenvalue weighted by atomic mass is 32.2. The monoisotopic (exact) mass is 206 g/mol. The van der Waals surface area contributed by atoms with Crippen molar-refractivity contribution in [3.63, 3.8) is 0 Å². The van der Waals surface area contributed by atoms with E-state index in [2.05, 4.69) is 18.8 Å². The van der Waals surface area contributed by atoms with Gasteiger partial charge in [-0.2, -0.15) is 5.26 Å². The van der Waals surface area contributed by atoms with E-state index in [0.29, 0.717) is 5.69 Å². The predicted octanol–water partition coefficient (Wildman–Crippen LogP) is 3.09. The Morgan fingerprint density at radius 3 is 2.86 bits per heavy atom. The lowest BCUT2D eigenvalue weighted by Gasteiger charge is -2.06. The highest BCUT2D eigenvalue weighted by Gasteiger charge is 2.00. The summed E-state index contributed by atoms with van der Waals surface area (Å²) in [6, 6.07) is 5.73. The Hall–Kier alpha value is -1.01. The molecule has 2 nitrogen and oxygen atoms in total. The summed E-state index contributed by atoms with van der Waals surface area (Å²) in [7, 11) is 0. The summed E-state index contributed by atoms with van der Waals surface area (Å²) in [4.78, 5) is 5.16. The first kappa shape index (κ1) is 11.1. The largest absolute Gasteiger partial charge is 0.244 e. The van der Waals surface area contributed by atoms with Crippen LogP contribution in [0.1, 0.15) is 26.0 Å². The van der Waals surface area contributed by atoms with Crippen LogP contribution in [0, 0.1) is 17.2 Å². The highest BCUT2D eigenvalue weighted by Crippen LogP contribution is 2.20. The van der Waals surface area contributed by atoms with E-state index in [4.69, 9.17) is 5.26 Å². The van der Waals surface area contributed by atoms with E-state index < -0.39 is 0 Å². The van der Waals surface area contributed by atoms with Crippen LogP contribution < -0.4 is 0 Å². The molecular weight excluding hydrogens is 192 g/mol. The Morgan fingerprint density at radius 1 is 1.57 bits per heavy atom. The van der Waals surface area contributed by atoms with Gasteiger partial charge >= 0.3 is 0 Å². The van der Waals surface area contributed by atoms with E-state index in [1.165, 1.54) is 6.42 Å². The number of thioether (sulfide) groups is 1. The molecule has 1 rings (SSSR count). The Balaban J connectivity index is 2.49. The number of pyridine rings is 1. The molecule has 3 heteroatoms. The van der Waals surface area contributed by atoms with Gasteiger partial charge in [-0.05, 0) is 18.1 Å². The maximum absolute atomic E-state index is 8.57. The van der Waals surface area contributed by atoms with Crippen molar-refractivity contribution in [2.45, 2.75) is 25.2 Å². The predicted molar refractivity (Wildman–Crippen MR) is 59.1 cm³/mol. The minimum absolute atomic E-state index is 0.484. The summed E-state index contributed by atoms with van der Waals surface area (Å²) < 4.78 is 0. The zero-order valence-corrected chi connectivity index (χ0v) is 9.34. The first-order valence-electron chi connectivity index (χ1n) is 4.75. The fourth-order valence-electron chi connectivity index (χ4n) is 0.888. The average Bonchev–Trinajstić information content (AvgIpc) is 2.26. The molecule has 0 saturated carbocycles. The third-order valence-corrected chi connectivity index (χ3v) is 3.39. The molecule has 0 bridgehead atoms. The van der Waals surface area contributed by atoms with E-state index in [1.807, 2.05) is 12.1 Å². The molecule has 1 aromatic rings. The smallest absolute Gasteiger partial charge is 0.140 e. The van der Waals surface area contributed by atoms with Crippen molar-refractivity contribution in [1.29, 1.82) is 5.26 Å². The standard InChI is InChI=1S/C11H14N2S/c1-3-9(2)8-14-11-5-4-10(6-12)13-7-11/h4-5,7,9H,3,8H2,1-2H3. The number of hydrogen-bond acceptors (Lipinski definition) is 3. The van der Waals surface area contributed by atoms with Crippen LogP contribution in [0.2, 0.25) is 0 Å². The summed E-state index contributed by atoms with van der Waals surface area (Å²) in [5, 5.41) is 8.57. The van der Waals surface area contributed by atoms with E-state index in [-0.39, 0.29) is 0 Å². The van der Waals surface area contributed by atoms with Gasteiger partial charge in [0.25, 0.3) is 0 Å². The minimum Gasteiger partial charge on any atom is -0.244 e. The van der Waals surface area contributed by atoms with Gasteiger partial charge in [0.1, 0.15) is 11.8 Å². The van der Waals surface area contributed by atoms with E-state index in [9.17, 15) is 0 Å². The lowest BCUT2D eigenvalue weighted by molar-refractivity contribution is 0.637. The summed E-state index contributed by atoms with van der Waals surface area (Å²) in [6.07, 6.45) is 2.97. The van der Waals surface area contributed by atoms with Gasteiger partial charge in [0.05, 0.1) is 0 Å². The molecule has 1 heterocycles. The van der Waals surface area contributed by atoms with Crippen LogP contribution in [-0.2, 0) is 0 Å². The van der Waals surface area contributed by atoms with Gasteiger partial charge in [-0.25, -0.2) is 4.98 Å². The number of aromatic nitrogens is 1. The third kappa shape index (κ3) is 3.39. The average molecular weight is 206 g/mol. The zero-order chi connectivity index (χ0) is 10.4. The van der Waals surface area contributed by atoms with Crippen molar-refractivity contribution in [3.05, 3.63) is 24.0 Å². The van der Waals surface area contributed by atoms with Crippen molar-refractivity contribution < 1.29 is 0 Å². The van der Waals surface area contributed by atoms with Crippen molar-refractivity contribution in [2.75, 3.05) is 5.75 Å². The van der Waals surface area contributed by atoms with Gasteiger partial charge in [-0.3, -0.25) is 0 Å². The fraction of sp³-hybridized carbons (Fsp3) is 0.455. The fourth-order valence-corrected chi connectivity index (χ4v) is 1.89. The van der Waals surface area contributed by atoms with Crippen LogP contribution in [0.15, 0.2) is 23.2 Å². The lowest BCUT2D eigenvalue weighted by atomic mass is 10.2. The molecule has 74 valence electrons. The second-order valence-corrected chi connectivity index (χ2v) is 4.41. The number of hydrogen-bond donors (Lipinski definition) is 0. The molecule has 0 N–H and O–H groups in total. The van der Waals surface area contributed by atoms with Crippen LogP contribution in [0.4, 0.5) is 0 Å². The van der Waals surface area contributed by atoms with Gasteiger partial charge in [0.15, 0.2) is 0 Å². The van der Waals surface area contributed by atoms with Crippen LogP contribution in [0.25, 0.3) is 0 Å². The molecule has 0 aliphatic carbocycles.